The molecule has 0 atom stereocenters. The van der Waals surface area contributed by atoms with Crippen molar-refractivity contribution in [1.82, 2.24) is 4.98 Å². The molecule has 0 unspecified atom stereocenters. The third-order valence-electron chi connectivity index (χ3n) is 2.74. The first-order valence-electron chi connectivity index (χ1n) is 6.11. The van der Waals surface area contributed by atoms with Crippen LogP contribution >= 0.6 is 11.3 Å². The lowest BCUT2D eigenvalue weighted by atomic mass is 10.2. The number of carbonyl (C=O) groups excluding carboxylic acids is 1. The van der Waals surface area contributed by atoms with E-state index in [-0.39, 0.29) is 18.9 Å². The highest BCUT2D eigenvalue weighted by Gasteiger charge is 2.09. The van der Waals surface area contributed by atoms with Crippen LogP contribution in [0.25, 0.3) is 0 Å². The molecule has 0 aliphatic carbocycles. The maximum absolute atomic E-state index is 11.9. The number of hydrogen-bond donors (Lipinski definition) is 2. The van der Waals surface area contributed by atoms with E-state index in [4.69, 9.17) is 4.74 Å². The van der Waals surface area contributed by atoms with Crippen molar-refractivity contribution in [1.29, 1.82) is 0 Å². The first kappa shape index (κ1) is 14.5. The Bertz CT molecular complexity index is 610. The summed E-state index contributed by atoms with van der Waals surface area (Å²) in [4.78, 5) is 16.2. The number of nitrogens with one attached hydrogen (secondary N) is 1. The zero-order chi connectivity index (χ0) is 14.5. The molecular weight excluding hydrogens is 276 g/mol. The van der Waals surface area contributed by atoms with Gasteiger partial charge in [-0.15, -0.1) is 11.3 Å². The van der Waals surface area contributed by atoms with Crippen LogP contribution in [0.4, 0.5) is 5.69 Å². The Morgan fingerprint density at radius 2 is 2.30 bits per heavy atom. The standard InChI is InChI=1S/C14H16N2O3S/c1-9-15-12(8-20-9)6-14(18)16-11-3-4-13(19-2)10(5-11)7-17/h3-5,8,17H,6-7H2,1-2H3,(H,16,18). The summed E-state index contributed by atoms with van der Waals surface area (Å²) in [6.45, 7) is 1.77. The van der Waals surface area contributed by atoms with Crippen LogP contribution < -0.4 is 10.1 Å². The third-order valence-corrected chi connectivity index (χ3v) is 3.57. The maximum atomic E-state index is 11.9. The molecule has 20 heavy (non-hydrogen) atoms. The number of aryl methyl sites for hydroxylation is 1. The molecule has 0 radical (unpaired) electrons. The summed E-state index contributed by atoms with van der Waals surface area (Å²) >= 11 is 1.52. The molecule has 0 fully saturated rings. The second-order valence-corrected chi connectivity index (χ2v) is 5.33. The average Bonchev–Trinajstić information content (AvgIpc) is 2.83. The lowest BCUT2D eigenvalue weighted by Gasteiger charge is -2.09. The van der Waals surface area contributed by atoms with Gasteiger partial charge in [-0.3, -0.25) is 4.79 Å². The summed E-state index contributed by atoms with van der Waals surface area (Å²) < 4.78 is 5.11. The van der Waals surface area contributed by atoms with Gasteiger partial charge in [-0.1, -0.05) is 0 Å². The van der Waals surface area contributed by atoms with Crippen molar-refractivity contribution in [2.75, 3.05) is 12.4 Å². The van der Waals surface area contributed by atoms with Crippen LogP contribution in [0.1, 0.15) is 16.3 Å². The molecule has 1 amide bonds. The van der Waals surface area contributed by atoms with Crippen LogP contribution in [0.3, 0.4) is 0 Å². The second kappa shape index (κ2) is 6.49. The van der Waals surface area contributed by atoms with Gasteiger partial charge in [-0.05, 0) is 25.1 Å². The first-order valence-corrected chi connectivity index (χ1v) is 6.99. The van der Waals surface area contributed by atoms with Gasteiger partial charge in [-0.2, -0.15) is 0 Å². The van der Waals surface area contributed by atoms with E-state index < -0.39 is 0 Å². The predicted octanol–water partition coefficient (Wildman–Crippen LogP) is 2.13. The van der Waals surface area contributed by atoms with Gasteiger partial charge >= 0.3 is 0 Å². The van der Waals surface area contributed by atoms with Crippen LogP contribution in [0, 0.1) is 6.92 Å². The van der Waals surface area contributed by atoms with Gasteiger partial charge < -0.3 is 15.2 Å². The van der Waals surface area contributed by atoms with E-state index in [0.29, 0.717) is 17.0 Å². The van der Waals surface area contributed by atoms with Gasteiger partial charge in [0.15, 0.2) is 0 Å². The molecule has 1 aromatic carbocycles. The van der Waals surface area contributed by atoms with Crippen molar-refractivity contribution in [2.24, 2.45) is 0 Å². The van der Waals surface area contributed by atoms with E-state index in [1.54, 1.807) is 18.2 Å². The highest BCUT2D eigenvalue weighted by atomic mass is 32.1. The molecule has 0 saturated heterocycles. The van der Waals surface area contributed by atoms with Crippen LogP contribution in [-0.2, 0) is 17.8 Å². The lowest BCUT2D eigenvalue weighted by Crippen LogP contribution is -2.14. The molecule has 0 spiro atoms. The number of methoxy groups -OCH3 is 1. The Morgan fingerprint density at radius 1 is 1.50 bits per heavy atom. The van der Waals surface area contributed by atoms with E-state index in [9.17, 15) is 9.90 Å². The fraction of sp³-hybridized carbons (Fsp3) is 0.286. The summed E-state index contributed by atoms with van der Waals surface area (Å²) in [5, 5.41) is 14.9. The van der Waals surface area contributed by atoms with E-state index >= 15 is 0 Å². The number of ether oxygens (including phenoxy) is 1. The SMILES string of the molecule is COc1ccc(NC(=O)Cc2csc(C)n2)cc1CO. The molecule has 0 saturated carbocycles. The molecule has 2 N–H and O–H groups in total. The highest BCUT2D eigenvalue weighted by Crippen LogP contribution is 2.22. The maximum Gasteiger partial charge on any atom is 0.230 e. The number of amides is 1. The Hall–Kier alpha value is -1.92. The quantitative estimate of drug-likeness (QED) is 0.885. The summed E-state index contributed by atoms with van der Waals surface area (Å²) in [5.74, 6) is 0.463. The van der Waals surface area contributed by atoms with Crippen LogP contribution in [0.15, 0.2) is 23.6 Å². The number of hydrogen-bond acceptors (Lipinski definition) is 5. The van der Waals surface area contributed by atoms with Gasteiger partial charge in [0.05, 0.1) is 30.8 Å². The van der Waals surface area contributed by atoms with Gasteiger partial charge in [0, 0.05) is 16.6 Å². The molecule has 2 rings (SSSR count). The summed E-state index contributed by atoms with van der Waals surface area (Å²) in [6, 6.07) is 5.15. The van der Waals surface area contributed by atoms with Crippen molar-refractivity contribution >= 4 is 22.9 Å². The zero-order valence-corrected chi connectivity index (χ0v) is 12.2. The average molecular weight is 292 g/mol. The molecular formula is C14H16N2O3S. The lowest BCUT2D eigenvalue weighted by molar-refractivity contribution is -0.115. The summed E-state index contributed by atoms with van der Waals surface area (Å²) in [7, 11) is 1.54. The molecule has 2 aromatic rings. The van der Waals surface area contributed by atoms with E-state index in [1.165, 1.54) is 18.4 Å². The topological polar surface area (TPSA) is 71.5 Å². The Balaban J connectivity index is 2.04. The second-order valence-electron chi connectivity index (χ2n) is 4.27. The third kappa shape index (κ3) is 3.55. The predicted molar refractivity (Wildman–Crippen MR) is 78.1 cm³/mol. The van der Waals surface area contributed by atoms with Gasteiger partial charge in [0.25, 0.3) is 0 Å². The Morgan fingerprint density at radius 3 is 2.90 bits per heavy atom. The molecule has 0 aliphatic rings. The van der Waals surface area contributed by atoms with E-state index in [0.717, 1.165) is 10.7 Å². The molecule has 0 bridgehead atoms. The van der Waals surface area contributed by atoms with Crippen molar-refractivity contribution in [3.63, 3.8) is 0 Å². The number of aliphatic hydroxyl groups excluding tert-OH is 1. The number of benzene rings is 1. The highest BCUT2D eigenvalue weighted by molar-refractivity contribution is 7.09. The van der Waals surface area contributed by atoms with Crippen LogP contribution in [0.2, 0.25) is 0 Å². The van der Waals surface area contributed by atoms with Crippen LogP contribution in [-0.4, -0.2) is 23.1 Å². The molecule has 5 nitrogen and oxygen atoms in total. The Kier molecular flexibility index (Phi) is 4.70. The smallest absolute Gasteiger partial charge is 0.230 e. The fourth-order valence-corrected chi connectivity index (χ4v) is 2.45. The van der Waals surface area contributed by atoms with E-state index in [2.05, 4.69) is 10.3 Å². The number of anilines is 1. The molecule has 1 heterocycles. The van der Waals surface area contributed by atoms with Gasteiger partial charge in [0.1, 0.15) is 5.75 Å². The number of nitrogens with zero attached hydrogens (tertiary/aromatic N) is 1. The number of aliphatic hydroxyl groups is 1. The van der Waals surface area contributed by atoms with Crippen molar-refractivity contribution in [3.05, 3.63) is 39.8 Å². The zero-order valence-electron chi connectivity index (χ0n) is 11.3. The minimum absolute atomic E-state index is 0.135. The Labute approximate surface area is 121 Å². The minimum atomic E-state index is -0.141. The van der Waals surface area contributed by atoms with Crippen molar-refractivity contribution < 1.29 is 14.6 Å². The summed E-state index contributed by atoms with van der Waals surface area (Å²) in [6.07, 6.45) is 0.241. The number of aromatic nitrogens is 1. The number of rotatable bonds is 5. The largest absolute Gasteiger partial charge is 0.496 e. The van der Waals surface area contributed by atoms with Crippen LogP contribution in [0.5, 0.6) is 5.75 Å². The van der Waals surface area contributed by atoms with Crippen molar-refractivity contribution in [3.8, 4) is 5.75 Å². The minimum Gasteiger partial charge on any atom is -0.496 e. The van der Waals surface area contributed by atoms with Gasteiger partial charge in [-0.25, -0.2) is 4.98 Å². The van der Waals surface area contributed by atoms with Crippen molar-refractivity contribution in [2.45, 2.75) is 20.0 Å². The molecule has 6 heteroatoms. The first-order chi connectivity index (χ1) is 9.62. The fourth-order valence-electron chi connectivity index (χ4n) is 1.84. The molecule has 0 aliphatic heterocycles. The number of thiazole rings is 1. The normalized spacial score (nSPS) is 10.3. The summed E-state index contributed by atoms with van der Waals surface area (Å²) in [5.41, 5.74) is 2.03. The number of carbonyl (C=O) groups is 1. The molecule has 106 valence electrons. The van der Waals surface area contributed by atoms with E-state index in [1.807, 2.05) is 12.3 Å². The molecule has 1 aromatic heterocycles. The van der Waals surface area contributed by atoms with Gasteiger partial charge in [0.2, 0.25) is 5.91 Å². The monoisotopic (exact) mass is 292 g/mol.